The molecule has 12 heteroatoms. The SMILES string of the molecule is C=C(NC(C(=O)N[C@H](C(=O)N1C[C@]2(C[C@H]1C(=O)NC(CCC)C(=N)C(=O)NC1CC1)C(C)(C)C21CCC1)C(C)(C)C)C1CCCCC1)[C@H]1CN(C)CCN1C(C)C. The van der Waals surface area contributed by atoms with E-state index >= 15 is 4.79 Å². The van der Waals surface area contributed by atoms with Crippen LogP contribution in [0.15, 0.2) is 12.3 Å². The largest absolute Gasteiger partial charge is 0.376 e. The zero-order chi connectivity index (χ0) is 41.7. The fraction of sp³-hybridized carbons (Fsp3) is 0.844. The Morgan fingerprint density at radius 1 is 0.895 bits per heavy atom. The molecule has 320 valence electrons. The van der Waals surface area contributed by atoms with Gasteiger partial charge in [-0.25, -0.2) is 0 Å². The van der Waals surface area contributed by atoms with E-state index in [-0.39, 0.29) is 57.7 Å². The molecule has 12 nitrogen and oxygen atoms in total. The van der Waals surface area contributed by atoms with Crippen LogP contribution in [-0.2, 0) is 19.2 Å². The summed E-state index contributed by atoms with van der Waals surface area (Å²) in [6, 6.07) is -2.44. The Morgan fingerprint density at radius 3 is 2.11 bits per heavy atom. The predicted molar refractivity (Wildman–Crippen MR) is 225 cm³/mol. The fourth-order valence-electron chi connectivity index (χ4n) is 11.6. The Balaban J connectivity index is 1.26. The number of fused-ring (bicyclic) bond motifs is 1. The van der Waals surface area contributed by atoms with E-state index in [1.165, 1.54) is 0 Å². The quantitative estimate of drug-likeness (QED) is 0.147. The van der Waals surface area contributed by atoms with Crippen LogP contribution >= 0.6 is 0 Å². The minimum absolute atomic E-state index is 0.0423. The molecule has 0 aromatic heterocycles. The molecule has 0 bridgehead atoms. The van der Waals surface area contributed by atoms with Gasteiger partial charge in [-0.3, -0.25) is 29.5 Å². The lowest BCUT2D eigenvalue weighted by Crippen LogP contribution is -2.62. The maximum Gasteiger partial charge on any atom is 0.267 e. The molecule has 2 aliphatic heterocycles. The Hall–Kier alpha value is -2.99. The van der Waals surface area contributed by atoms with Crippen LogP contribution in [0.2, 0.25) is 0 Å². The van der Waals surface area contributed by atoms with Gasteiger partial charge in [-0.05, 0) is 94.4 Å². The van der Waals surface area contributed by atoms with Crippen LogP contribution in [0.25, 0.3) is 0 Å². The van der Waals surface area contributed by atoms with Crippen molar-refractivity contribution < 1.29 is 19.2 Å². The number of rotatable bonds is 15. The van der Waals surface area contributed by atoms with Gasteiger partial charge in [0.2, 0.25) is 17.7 Å². The first-order valence-corrected chi connectivity index (χ1v) is 22.5. The molecule has 6 aliphatic rings. The van der Waals surface area contributed by atoms with Crippen LogP contribution in [0, 0.1) is 33.0 Å². The highest BCUT2D eigenvalue weighted by Gasteiger charge is 2.85. The van der Waals surface area contributed by atoms with Gasteiger partial charge in [0, 0.05) is 49.4 Å². The van der Waals surface area contributed by atoms with E-state index in [0.29, 0.717) is 31.8 Å². The molecule has 6 atom stereocenters. The normalized spacial score (nSPS) is 29.0. The maximum atomic E-state index is 15.3. The predicted octanol–water partition coefficient (Wildman–Crippen LogP) is 4.97. The van der Waals surface area contributed by atoms with Crippen LogP contribution in [-0.4, -0.2) is 120 Å². The molecule has 0 aromatic carbocycles. The molecule has 2 heterocycles. The van der Waals surface area contributed by atoms with Crippen molar-refractivity contribution in [2.45, 2.75) is 181 Å². The van der Waals surface area contributed by atoms with E-state index in [2.05, 4.69) is 72.4 Å². The Kier molecular flexibility index (Phi) is 12.7. The summed E-state index contributed by atoms with van der Waals surface area (Å²) in [6.07, 6.45) is 12.0. The van der Waals surface area contributed by atoms with Crippen molar-refractivity contribution in [1.29, 1.82) is 5.41 Å². The van der Waals surface area contributed by atoms with Crippen LogP contribution in [0.5, 0.6) is 0 Å². The Labute approximate surface area is 343 Å². The molecule has 5 N–H and O–H groups in total. The van der Waals surface area contributed by atoms with Gasteiger partial charge in [0.15, 0.2) is 0 Å². The monoisotopic (exact) mass is 793 g/mol. The fourth-order valence-corrected chi connectivity index (χ4v) is 11.6. The van der Waals surface area contributed by atoms with E-state index < -0.39 is 35.5 Å². The van der Waals surface area contributed by atoms with Gasteiger partial charge in [-0.15, -0.1) is 0 Å². The van der Waals surface area contributed by atoms with Crippen molar-refractivity contribution in [2.24, 2.45) is 27.6 Å². The van der Waals surface area contributed by atoms with E-state index in [1.807, 2.05) is 27.7 Å². The van der Waals surface area contributed by atoms with Crippen molar-refractivity contribution in [3.63, 3.8) is 0 Å². The number of carbonyl (C=O) groups excluding carboxylic acids is 4. The van der Waals surface area contributed by atoms with E-state index in [1.54, 1.807) is 4.90 Å². The number of hydrogen-bond acceptors (Lipinski definition) is 8. The zero-order valence-corrected chi connectivity index (χ0v) is 36.8. The molecular formula is C45H76N8O4. The molecule has 6 rings (SSSR count). The highest BCUT2D eigenvalue weighted by Crippen LogP contribution is 2.88. The summed E-state index contributed by atoms with van der Waals surface area (Å²) >= 11 is 0. The summed E-state index contributed by atoms with van der Waals surface area (Å²) in [5.74, 6) is -1.06. The van der Waals surface area contributed by atoms with Gasteiger partial charge in [-0.1, -0.05) is 80.2 Å². The molecule has 4 saturated carbocycles. The van der Waals surface area contributed by atoms with E-state index in [0.717, 1.165) is 89.5 Å². The summed E-state index contributed by atoms with van der Waals surface area (Å²) in [7, 11) is 2.13. The van der Waals surface area contributed by atoms with Crippen LogP contribution in [0.3, 0.4) is 0 Å². The average Bonchev–Trinajstić information content (AvgIpc) is 3.96. The van der Waals surface area contributed by atoms with Gasteiger partial charge in [-0.2, -0.15) is 0 Å². The molecular weight excluding hydrogens is 717 g/mol. The second-order valence-electron chi connectivity index (χ2n) is 20.8. The highest BCUT2D eigenvalue weighted by molar-refractivity contribution is 6.40. The van der Waals surface area contributed by atoms with Crippen molar-refractivity contribution in [2.75, 3.05) is 33.2 Å². The van der Waals surface area contributed by atoms with Gasteiger partial charge < -0.3 is 31.1 Å². The smallest absolute Gasteiger partial charge is 0.267 e. The Bertz CT molecular complexity index is 1560. The third kappa shape index (κ3) is 8.29. The maximum absolute atomic E-state index is 15.3. The molecule has 2 saturated heterocycles. The Morgan fingerprint density at radius 2 is 1.56 bits per heavy atom. The lowest BCUT2D eigenvalue weighted by atomic mass is 9.73. The van der Waals surface area contributed by atoms with E-state index in [9.17, 15) is 14.4 Å². The molecule has 6 fully saturated rings. The van der Waals surface area contributed by atoms with Crippen LogP contribution in [0.1, 0.15) is 139 Å². The lowest BCUT2D eigenvalue weighted by molar-refractivity contribution is -0.144. The topological polar surface area (TPSA) is 150 Å². The average molecular weight is 793 g/mol. The minimum Gasteiger partial charge on any atom is -0.376 e. The number of likely N-dealkylation sites (N-methyl/N-ethyl adjacent to an activating group) is 1. The molecule has 2 spiro atoms. The number of nitrogens with one attached hydrogen (secondary N) is 5. The summed E-state index contributed by atoms with van der Waals surface area (Å²) in [5.41, 5.74) is -0.111. The molecule has 57 heavy (non-hydrogen) atoms. The second kappa shape index (κ2) is 16.6. The molecule has 0 radical (unpaired) electrons. The zero-order valence-electron chi connectivity index (χ0n) is 36.8. The van der Waals surface area contributed by atoms with Gasteiger partial charge in [0.25, 0.3) is 5.91 Å². The molecule has 4 aliphatic carbocycles. The molecule has 4 amide bonds. The number of nitrogens with zero attached hydrogens (tertiary/aromatic N) is 3. The van der Waals surface area contributed by atoms with Crippen molar-refractivity contribution in [3.05, 3.63) is 12.3 Å². The summed E-state index contributed by atoms with van der Waals surface area (Å²) < 4.78 is 0. The third-order valence-electron chi connectivity index (χ3n) is 15.6. The van der Waals surface area contributed by atoms with Crippen LogP contribution < -0.4 is 21.3 Å². The molecule has 2 unspecified atom stereocenters. The number of carbonyl (C=O) groups is 4. The van der Waals surface area contributed by atoms with Crippen molar-refractivity contribution in [1.82, 2.24) is 36.0 Å². The summed E-state index contributed by atoms with van der Waals surface area (Å²) in [4.78, 5) is 64.2. The van der Waals surface area contributed by atoms with Crippen molar-refractivity contribution >= 4 is 29.3 Å². The number of amides is 4. The number of likely N-dealkylation sites (tertiary alicyclic amines) is 1. The van der Waals surface area contributed by atoms with Gasteiger partial charge >= 0.3 is 0 Å². The van der Waals surface area contributed by atoms with Gasteiger partial charge in [0.05, 0.1) is 12.1 Å². The molecule has 0 aromatic rings. The first-order valence-electron chi connectivity index (χ1n) is 22.5. The standard InChI is InChI=1S/C45H76N8O4/c1-11-16-32(35(46)39(55)48-31-19-20-31)49-38(54)33-25-45(43(8,9)44(45)21-15-22-44)27-53(33)41(57)37(42(5,6)7)50-40(56)36(30-17-13-12-14-18-30)47-29(4)34-26-51(10)23-24-52(34)28(2)3/h28,30-34,36-37,46-47H,4,11-27H2,1-3,5-10H3,(H,48,55)(H,49,54)(H,50,56)/t32?,33-,34+,36?,37+,45+/m0/s1. The van der Waals surface area contributed by atoms with Gasteiger partial charge in [0.1, 0.15) is 23.8 Å². The summed E-state index contributed by atoms with van der Waals surface area (Å²) in [5, 5.41) is 21.7. The van der Waals surface area contributed by atoms with Crippen molar-refractivity contribution in [3.8, 4) is 0 Å². The lowest BCUT2D eigenvalue weighted by Gasteiger charge is -2.44. The highest BCUT2D eigenvalue weighted by atomic mass is 16.2. The third-order valence-corrected chi connectivity index (χ3v) is 15.6. The number of piperazine rings is 1. The van der Waals surface area contributed by atoms with Crippen LogP contribution in [0.4, 0.5) is 0 Å². The van der Waals surface area contributed by atoms with E-state index in [4.69, 9.17) is 5.41 Å². The first-order chi connectivity index (χ1) is 26.8. The minimum atomic E-state index is -0.877. The summed E-state index contributed by atoms with van der Waals surface area (Å²) in [6.45, 7) is 24.7. The number of hydrogen-bond donors (Lipinski definition) is 5. The second-order valence-corrected chi connectivity index (χ2v) is 20.8. The first kappa shape index (κ1) is 43.6.